The summed E-state index contributed by atoms with van der Waals surface area (Å²) in [4.78, 5) is 0. The van der Waals surface area contributed by atoms with Crippen molar-refractivity contribution < 1.29 is 9.47 Å². The summed E-state index contributed by atoms with van der Waals surface area (Å²) < 4.78 is 10.7. The second-order valence-electron chi connectivity index (χ2n) is 5.55. The van der Waals surface area contributed by atoms with Crippen molar-refractivity contribution in [2.75, 3.05) is 13.7 Å². The molecule has 26 heavy (non-hydrogen) atoms. The second kappa shape index (κ2) is 7.88. The molecule has 3 aromatic carbocycles. The summed E-state index contributed by atoms with van der Waals surface area (Å²) in [6.45, 7) is -0.0506. The van der Waals surface area contributed by atoms with Crippen LogP contribution >= 0.6 is 0 Å². The standard InChI is InChI=1S/C22H16N2O2/c1-25-22-14-16(9-10-21(22)26-12-11-23)13-18(15-24)20-8-4-6-17-5-2-3-7-19(17)20/h2-10,13-14H,12H2,1H3/b18-13+. The van der Waals surface area contributed by atoms with Crippen molar-refractivity contribution in [3.05, 3.63) is 71.8 Å². The van der Waals surface area contributed by atoms with E-state index in [1.165, 1.54) is 7.11 Å². The maximum absolute atomic E-state index is 9.69. The molecule has 3 aromatic rings. The average Bonchev–Trinajstić information content (AvgIpc) is 2.70. The molecular weight excluding hydrogens is 324 g/mol. The number of fused-ring (bicyclic) bond motifs is 1. The van der Waals surface area contributed by atoms with E-state index in [2.05, 4.69) is 6.07 Å². The van der Waals surface area contributed by atoms with Crippen LogP contribution in [0, 0.1) is 22.7 Å². The molecule has 0 saturated carbocycles. The van der Waals surface area contributed by atoms with E-state index in [1.54, 1.807) is 12.1 Å². The van der Waals surface area contributed by atoms with Gasteiger partial charge in [-0.05, 0) is 34.5 Å². The summed E-state index contributed by atoms with van der Waals surface area (Å²) in [7, 11) is 1.54. The van der Waals surface area contributed by atoms with Crippen LogP contribution in [-0.2, 0) is 0 Å². The van der Waals surface area contributed by atoms with Crippen LogP contribution in [0.15, 0.2) is 60.7 Å². The normalized spacial score (nSPS) is 10.8. The van der Waals surface area contributed by atoms with Crippen molar-refractivity contribution in [3.63, 3.8) is 0 Å². The number of ether oxygens (including phenoxy) is 2. The van der Waals surface area contributed by atoms with Gasteiger partial charge in [0.05, 0.1) is 18.8 Å². The number of benzene rings is 3. The summed E-state index contributed by atoms with van der Waals surface area (Å²) in [6.07, 6.45) is 1.82. The van der Waals surface area contributed by atoms with Gasteiger partial charge < -0.3 is 9.47 Å². The van der Waals surface area contributed by atoms with Crippen LogP contribution in [-0.4, -0.2) is 13.7 Å². The highest BCUT2D eigenvalue weighted by molar-refractivity contribution is 6.01. The molecule has 0 unspecified atom stereocenters. The van der Waals surface area contributed by atoms with E-state index in [0.717, 1.165) is 21.9 Å². The lowest BCUT2D eigenvalue weighted by molar-refractivity contribution is 0.329. The number of methoxy groups -OCH3 is 1. The minimum Gasteiger partial charge on any atom is -0.493 e. The van der Waals surface area contributed by atoms with Crippen molar-refractivity contribution in [3.8, 4) is 23.6 Å². The SMILES string of the molecule is COc1cc(/C=C(\C#N)c2cccc3ccccc23)ccc1OCC#N. The predicted octanol–water partition coefficient (Wildman–Crippen LogP) is 4.81. The van der Waals surface area contributed by atoms with Gasteiger partial charge in [0.1, 0.15) is 6.07 Å². The average molecular weight is 340 g/mol. The Labute approximate surface area is 152 Å². The molecule has 0 aliphatic rings. The van der Waals surface area contributed by atoms with Gasteiger partial charge >= 0.3 is 0 Å². The van der Waals surface area contributed by atoms with Crippen LogP contribution in [0.5, 0.6) is 11.5 Å². The Kier molecular flexibility index (Phi) is 5.17. The molecule has 0 aliphatic carbocycles. The van der Waals surface area contributed by atoms with Gasteiger partial charge in [-0.15, -0.1) is 0 Å². The number of hydrogen-bond donors (Lipinski definition) is 0. The van der Waals surface area contributed by atoms with Crippen molar-refractivity contribution in [1.82, 2.24) is 0 Å². The van der Waals surface area contributed by atoms with E-state index in [1.807, 2.05) is 60.7 Å². The lowest BCUT2D eigenvalue weighted by Crippen LogP contribution is -1.96. The third-order valence-electron chi connectivity index (χ3n) is 3.99. The van der Waals surface area contributed by atoms with Gasteiger partial charge in [0.2, 0.25) is 0 Å². The molecule has 126 valence electrons. The number of nitriles is 2. The highest BCUT2D eigenvalue weighted by Crippen LogP contribution is 2.31. The fourth-order valence-electron chi connectivity index (χ4n) is 2.80. The van der Waals surface area contributed by atoms with Gasteiger partial charge in [-0.2, -0.15) is 10.5 Å². The molecule has 0 spiro atoms. The summed E-state index contributed by atoms with van der Waals surface area (Å²) >= 11 is 0. The first-order chi connectivity index (χ1) is 12.8. The zero-order chi connectivity index (χ0) is 18.4. The zero-order valence-electron chi connectivity index (χ0n) is 14.3. The quantitative estimate of drug-likeness (QED) is 0.493. The van der Waals surface area contributed by atoms with E-state index in [0.29, 0.717) is 17.1 Å². The minimum atomic E-state index is -0.0506. The molecule has 4 heteroatoms. The largest absolute Gasteiger partial charge is 0.493 e. The molecule has 0 atom stereocenters. The molecule has 4 nitrogen and oxygen atoms in total. The van der Waals surface area contributed by atoms with Crippen LogP contribution in [0.4, 0.5) is 0 Å². The molecular formula is C22H16N2O2. The molecule has 0 N–H and O–H groups in total. The highest BCUT2D eigenvalue weighted by atomic mass is 16.5. The molecule has 3 rings (SSSR count). The first-order valence-corrected chi connectivity index (χ1v) is 8.04. The third kappa shape index (κ3) is 3.50. The number of rotatable bonds is 5. The fourth-order valence-corrected chi connectivity index (χ4v) is 2.80. The van der Waals surface area contributed by atoms with Gasteiger partial charge in [0.25, 0.3) is 0 Å². The van der Waals surface area contributed by atoms with Crippen LogP contribution < -0.4 is 9.47 Å². The van der Waals surface area contributed by atoms with Crippen LogP contribution in [0.25, 0.3) is 22.4 Å². The van der Waals surface area contributed by atoms with Crippen molar-refractivity contribution in [1.29, 1.82) is 10.5 Å². The number of hydrogen-bond acceptors (Lipinski definition) is 4. The first-order valence-electron chi connectivity index (χ1n) is 8.04. The van der Waals surface area contributed by atoms with Gasteiger partial charge in [-0.3, -0.25) is 0 Å². The minimum absolute atomic E-state index is 0.0506. The van der Waals surface area contributed by atoms with Crippen molar-refractivity contribution in [2.24, 2.45) is 0 Å². The Morgan fingerprint density at radius 3 is 2.58 bits per heavy atom. The lowest BCUT2D eigenvalue weighted by atomic mass is 9.97. The van der Waals surface area contributed by atoms with Gasteiger partial charge in [-0.1, -0.05) is 48.5 Å². The summed E-state index contributed by atoms with van der Waals surface area (Å²) in [5, 5.41) is 20.5. The van der Waals surface area contributed by atoms with Crippen LogP contribution in [0.3, 0.4) is 0 Å². The van der Waals surface area contributed by atoms with E-state index in [4.69, 9.17) is 14.7 Å². The molecule has 0 fully saturated rings. The van der Waals surface area contributed by atoms with E-state index in [9.17, 15) is 5.26 Å². The van der Waals surface area contributed by atoms with Crippen LogP contribution in [0.2, 0.25) is 0 Å². The molecule has 0 radical (unpaired) electrons. The Morgan fingerprint density at radius 1 is 1.00 bits per heavy atom. The topological polar surface area (TPSA) is 66.0 Å². The summed E-state index contributed by atoms with van der Waals surface area (Å²) in [5.74, 6) is 1.01. The van der Waals surface area contributed by atoms with Crippen LogP contribution in [0.1, 0.15) is 11.1 Å². The van der Waals surface area contributed by atoms with Crippen molar-refractivity contribution in [2.45, 2.75) is 0 Å². The Hall–Kier alpha value is -3.76. The number of allylic oxidation sites excluding steroid dienone is 1. The molecule has 0 heterocycles. The highest BCUT2D eigenvalue weighted by Gasteiger charge is 2.08. The van der Waals surface area contributed by atoms with Crippen molar-refractivity contribution >= 4 is 22.4 Å². The van der Waals surface area contributed by atoms with E-state index >= 15 is 0 Å². The smallest absolute Gasteiger partial charge is 0.174 e. The lowest BCUT2D eigenvalue weighted by Gasteiger charge is -2.10. The molecule has 0 bridgehead atoms. The fraction of sp³-hybridized carbons (Fsp3) is 0.0909. The molecule has 0 aromatic heterocycles. The zero-order valence-corrected chi connectivity index (χ0v) is 14.3. The predicted molar refractivity (Wildman–Crippen MR) is 102 cm³/mol. The Balaban J connectivity index is 2.04. The maximum Gasteiger partial charge on any atom is 0.174 e. The third-order valence-corrected chi connectivity index (χ3v) is 3.99. The number of nitrogens with zero attached hydrogens (tertiary/aromatic N) is 2. The monoisotopic (exact) mass is 340 g/mol. The summed E-state index contributed by atoms with van der Waals surface area (Å²) in [6, 6.07) is 23.5. The van der Waals surface area contributed by atoms with E-state index < -0.39 is 0 Å². The maximum atomic E-state index is 9.69. The molecule has 0 saturated heterocycles. The van der Waals surface area contributed by atoms with Gasteiger partial charge in [0.15, 0.2) is 18.1 Å². The first kappa shape index (κ1) is 17.1. The van der Waals surface area contributed by atoms with E-state index in [-0.39, 0.29) is 6.61 Å². The Morgan fingerprint density at radius 2 is 1.81 bits per heavy atom. The second-order valence-corrected chi connectivity index (χ2v) is 5.55. The van der Waals surface area contributed by atoms with Gasteiger partial charge in [0, 0.05) is 5.56 Å². The Bertz CT molecular complexity index is 1050. The summed E-state index contributed by atoms with van der Waals surface area (Å²) in [5.41, 5.74) is 2.26. The molecule has 0 aliphatic heterocycles. The molecule has 0 amide bonds. The van der Waals surface area contributed by atoms with Gasteiger partial charge in [-0.25, -0.2) is 0 Å².